The molecule has 0 unspecified atom stereocenters. The fourth-order valence-electron chi connectivity index (χ4n) is 3.37. The number of carboxylic acid groups (broad SMARTS) is 1. The van der Waals surface area contributed by atoms with Crippen molar-refractivity contribution in [2.75, 3.05) is 5.73 Å². The summed E-state index contributed by atoms with van der Waals surface area (Å²) in [5.74, 6) is -0.527. The Kier molecular flexibility index (Phi) is 2.73. The van der Waals surface area contributed by atoms with Crippen LogP contribution < -0.4 is 5.73 Å². The summed E-state index contributed by atoms with van der Waals surface area (Å²) in [6, 6.07) is 0. The minimum absolute atomic E-state index is 0.333. The van der Waals surface area contributed by atoms with E-state index in [4.69, 9.17) is 5.73 Å². The Labute approximate surface area is 106 Å². The van der Waals surface area contributed by atoms with Gasteiger partial charge in [0.2, 0.25) is 0 Å². The Bertz CT molecular complexity index is 505. The molecule has 1 fully saturated rings. The van der Waals surface area contributed by atoms with E-state index in [0.717, 1.165) is 49.1 Å². The summed E-state index contributed by atoms with van der Waals surface area (Å²) in [7, 11) is 0. The molecule has 0 saturated heterocycles. The molecule has 3 N–H and O–H groups in total. The number of aromatic nitrogens is 1. The first kappa shape index (κ1) is 11.5. The first-order chi connectivity index (χ1) is 8.68. The maximum atomic E-state index is 11.4. The number of anilines is 1. The predicted molar refractivity (Wildman–Crippen MR) is 68.8 cm³/mol. The van der Waals surface area contributed by atoms with E-state index in [9.17, 15) is 9.90 Å². The third-order valence-corrected chi connectivity index (χ3v) is 4.25. The highest BCUT2D eigenvalue weighted by molar-refractivity contribution is 5.96. The van der Waals surface area contributed by atoms with Gasteiger partial charge in [-0.15, -0.1) is 0 Å². The van der Waals surface area contributed by atoms with Gasteiger partial charge in [0, 0.05) is 11.6 Å². The fraction of sp³-hybridized carbons (Fsp3) is 0.571. The Hall–Kier alpha value is -1.58. The molecule has 96 valence electrons. The predicted octanol–water partition coefficient (Wildman–Crippen LogP) is 2.51. The minimum atomic E-state index is -0.896. The van der Waals surface area contributed by atoms with E-state index in [1.54, 1.807) is 0 Å². The van der Waals surface area contributed by atoms with Crippen LogP contribution in [0.4, 0.5) is 5.69 Å². The first-order valence-electron chi connectivity index (χ1n) is 6.73. The number of aryl methyl sites for hydroxylation is 1. The van der Waals surface area contributed by atoms with Crippen LogP contribution in [0, 0.1) is 0 Å². The van der Waals surface area contributed by atoms with Crippen molar-refractivity contribution >= 4 is 11.7 Å². The zero-order valence-electron chi connectivity index (χ0n) is 10.4. The summed E-state index contributed by atoms with van der Waals surface area (Å²) >= 11 is 0. The van der Waals surface area contributed by atoms with Gasteiger partial charge in [-0.25, -0.2) is 4.79 Å². The van der Waals surface area contributed by atoms with Gasteiger partial charge in [-0.2, -0.15) is 0 Å². The van der Waals surface area contributed by atoms with Gasteiger partial charge in [0.15, 0.2) is 0 Å². The maximum absolute atomic E-state index is 11.4. The zero-order valence-corrected chi connectivity index (χ0v) is 10.4. The molecule has 2 aliphatic carbocycles. The lowest BCUT2D eigenvalue weighted by molar-refractivity contribution is 0.0696. The number of hydrogen-bond acceptors (Lipinski definition) is 3. The Morgan fingerprint density at radius 1 is 1.22 bits per heavy atom. The number of rotatable bonds is 2. The molecule has 0 aromatic carbocycles. The molecule has 0 aliphatic heterocycles. The van der Waals surface area contributed by atoms with Crippen LogP contribution in [-0.4, -0.2) is 16.1 Å². The molecule has 3 rings (SSSR count). The minimum Gasteiger partial charge on any atom is -0.478 e. The van der Waals surface area contributed by atoms with Crippen molar-refractivity contribution in [3.63, 3.8) is 0 Å². The van der Waals surface area contributed by atoms with E-state index in [-0.39, 0.29) is 0 Å². The molecule has 2 aliphatic rings. The van der Waals surface area contributed by atoms with Crippen LogP contribution in [0.1, 0.15) is 65.3 Å². The SMILES string of the molecule is Nc1c(C2CCCC2)nc2c(c1C(=O)O)CCC2. The molecule has 0 spiro atoms. The van der Waals surface area contributed by atoms with E-state index in [1.165, 1.54) is 12.8 Å². The standard InChI is InChI=1S/C14H18N2O2/c15-12-11(14(17)18)9-6-3-7-10(9)16-13(12)8-4-1-2-5-8/h8H,1-7,15H2,(H,17,18). The smallest absolute Gasteiger partial charge is 0.338 e. The van der Waals surface area contributed by atoms with Crippen molar-refractivity contribution in [2.24, 2.45) is 0 Å². The van der Waals surface area contributed by atoms with Crippen LogP contribution in [0.25, 0.3) is 0 Å². The lowest BCUT2D eigenvalue weighted by atomic mass is 9.96. The van der Waals surface area contributed by atoms with Gasteiger partial charge in [0.05, 0.1) is 16.9 Å². The second kappa shape index (κ2) is 4.26. The van der Waals surface area contributed by atoms with Crippen molar-refractivity contribution in [3.05, 3.63) is 22.5 Å². The second-order valence-electron chi connectivity index (χ2n) is 5.35. The molecule has 0 radical (unpaired) electrons. The lowest BCUT2D eigenvalue weighted by Crippen LogP contribution is -2.14. The average Bonchev–Trinajstić information content (AvgIpc) is 2.97. The molecule has 1 heterocycles. The topological polar surface area (TPSA) is 76.2 Å². The van der Waals surface area contributed by atoms with Crippen LogP contribution >= 0.6 is 0 Å². The number of aromatic carboxylic acids is 1. The molecule has 1 aromatic rings. The van der Waals surface area contributed by atoms with E-state index in [2.05, 4.69) is 4.98 Å². The summed E-state index contributed by atoms with van der Waals surface area (Å²) in [5.41, 5.74) is 9.56. The van der Waals surface area contributed by atoms with Gasteiger partial charge in [-0.3, -0.25) is 4.98 Å². The summed E-state index contributed by atoms with van der Waals surface area (Å²) in [6.45, 7) is 0. The van der Waals surface area contributed by atoms with Crippen molar-refractivity contribution < 1.29 is 9.90 Å². The Balaban J connectivity index is 2.15. The zero-order chi connectivity index (χ0) is 12.7. The molecule has 1 aromatic heterocycles. The summed E-state index contributed by atoms with van der Waals surface area (Å²) in [6.07, 6.45) is 7.28. The third kappa shape index (κ3) is 1.67. The highest BCUT2D eigenvalue weighted by Gasteiger charge is 2.29. The molecule has 4 nitrogen and oxygen atoms in total. The van der Waals surface area contributed by atoms with E-state index >= 15 is 0 Å². The van der Waals surface area contributed by atoms with Crippen LogP contribution in [0.3, 0.4) is 0 Å². The van der Waals surface area contributed by atoms with Gasteiger partial charge in [0.1, 0.15) is 0 Å². The summed E-state index contributed by atoms with van der Waals surface area (Å²) in [4.78, 5) is 16.1. The highest BCUT2D eigenvalue weighted by Crippen LogP contribution is 2.39. The molecule has 1 saturated carbocycles. The van der Waals surface area contributed by atoms with Gasteiger partial charge in [-0.1, -0.05) is 12.8 Å². The van der Waals surface area contributed by atoms with E-state index in [0.29, 0.717) is 17.2 Å². The largest absolute Gasteiger partial charge is 0.478 e. The van der Waals surface area contributed by atoms with Crippen LogP contribution in [-0.2, 0) is 12.8 Å². The Morgan fingerprint density at radius 3 is 2.61 bits per heavy atom. The molecule has 0 atom stereocenters. The van der Waals surface area contributed by atoms with Crippen LogP contribution in [0.5, 0.6) is 0 Å². The second-order valence-corrected chi connectivity index (χ2v) is 5.35. The lowest BCUT2D eigenvalue weighted by Gasteiger charge is -2.16. The average molecular weight is 246 g/mol. The quantitative estimate of drug-likeness (QED) is 0.840. The Morgan fingerprint density at radius 2 is 1.94 bits per heavy atom. The molecule has 0 amide bonds. The van der Waals surface area contributed by atoms with Crippen molar-refractivity contribution in [3.8, 4) is 0 Å². The van der Waals surface area contributed by atoms with Crippen molar-refractivity contribution in [1.29, 1.82) is 0 Å². The van der Waals surface area contributed by atoms with Crippen LogP contribution in [0.15, 0.2) is 0 Å². The summed E-state index contributed by atoms with van der Waals surface area (Å²) in [5, 5.41) is 9.39. The number of pyridine rings is 1. The summed E-state index contributed by atoms with van der Waals surface area (Å²) < 4.78 is 0. The fourth-order valence-corrected chi connectivity index (χ4v) is 3.37. The van der Waals surface area contributed by atoms with Crippen molar-refractivity contribution in [1.82, 2.24) is 4.98 Å². The first-order valence-corrected chi connectivity index (χ1v) is 6.73. The monoisotopic (exact) mass is 246 g/mol. The van der Waals surface area contributed by atoms with E-state index in [1.807, 2.05) is 0 Å². The highest BCUT2D eigenvalue weighted by atomic mass is 16.4. The van der Waals surface area contributed by atoms with Gasteiger partial charge in [-0.05, 0) is 37.7 Å². The number of hydrogen-bond donors (Lipinski definition) is 2. The maximum Gasteiger partial charge on any atom is 0.338 e. The number of carbonyl (C=O) groups is 1. The van der Waals surface area contributed by atoms with Gasteiger partial charge >= 0.3 is 5.97 Å². The molecular weight excluding hydrogens is 228 g/mol. The van der Waals surface area contributed by atoms with E-state index < -0.39 is 5.97 Å². The number of nitrogen functional groups attached to an aromatic ring is 1. The van der Waals surface area contributed by atoms with Crippen LogP contribution in [0.2, 0.25) is 0 Å². The number of nitrogens with two attached hydrogens (primary N) is 1. The van der Waals surface area contributed by atoms with Gasteiger partial charge in [0.25, 0.3) is 0 Å². The molecular formula is C14H18N2O2. The molecule has 0 bridgehead atoms. The number of carboxylic acids is 1. The van der Waals surface area contributed by atoms with Crippen molar-refractivity contribution in [2.45, 2.75) is 50.9 Å². The third-order valence-electron chi connectivity index (χ3n) is 4.25. The molecule has 18 heavy (non-hydrogen) atoms. The molecule has 4 heteroatoms. The number of nitrogens with zero attached hydrogens (tertiary/aromatic N) is 1. The number of fused-ring (bicyclic) bond motifs is 1. The van der Waals surface area contributed by atoms with Gasteiger partial charge < -0.3 is 10.8 Å². The normalized spacial score (nSPS) is 19.1.